The normalized spacial score (nSPS) is 11.4. The van der Waals surface area contributed by atoms with Crippen molar-refractivity contribution < 1.29 is 14.3 Å². The SMILES string of the molecule is CC(C)(C)OC(=O)Nc1nc(CC(=O)NCCc2nc3ccccc3[nH]2)cs1. The number of aromatic nitrogens is 3. The van der Waals surface area contributed by atoms with E-state index in [9.17, 15) is 9.59 Å². The number of hydrogen-bond donors (Lipinski definition) is 3. The number of para-hydroxylation sites is 2. The van der Waals surface area contributed by atoms with Gasteiger partial charge in [0, 0.05) is 18.3 Å². The molecule has 0 saturated heterocycles. The van der Waals surface area contributed by atoms with Crippen LogP contribution in [-0.4, -0.2) is 39.1 Å². The lowest BCUT2D eigenvalue weighted by atomic mass is 10.2. The minimum Gasteiger partial charge on any atom is -0.444 e. The molecule has 0 aliphatic rings. The summed E-state index contributed by atoms with van der Waals surface area (Å²) in [4.78, 5) is 35.8. The van der Waals surface area contributed by atoms with E-state index < -0.39 is 11.7 Å². The molecule has 3 rings (SSSR count). The van der Waals surface area contributed by atoms with Crippen LogP contribution in [-0.2, 0) is 22.4 Å². The largest absolute Gasteiger partial charge is 0.444 e. The highest BCUT2D eigenvalue weighted by atomic mass is 32.1. The van der Waals surface area contributed by atoms with Gasteiger partial charge in [0.2, 0.25) is 5.91 Å². The molecule has 0 atom stereocenters. The zero-order chi connectivity index (χ0) is 20.1. The minimum absolute atomic E-state index is 0.134. The number of anilines is 1. The Labute approximate surface area is 166 Å². The number of aromatic amines is 1. The molecule has 0 spiro atoms. The lowest BCUT2D eigenvalue weighted by molar-refractivity contribution is -0.120. The Morgan fingerprint density at radius 1 is 1.21 bits per heavy atom. The molecule has 2 aromatic heterocycles. The Balaban J connectivity index is 1.43. The van der Waals surface area contributed by atoms with Gasteiger partial charge in [0.25, 0.3) is 0 Å². The maximum Gasteiger partial charge on any atom is 0.413 e. The average molecular weight is 401 g/mol. The Kier molecular flexibility index (Phi) is 5.93. The van der Waals surface area contributed by atoms with Crippen LogP contribution in [0.15, 0.2) is 29.6 Å². The third-order valence-corrected chi connectivity index (χ3v) is 4.43. The lowest BCUT2D eigenvalue weighted by Gasteiger charge is -2.18. The van der Waals surface area contributed by atoms with Crippen LogP contribution in [0.25, 0.3) is 11.0 Å². The highest BCUT2D eigenvalue weighted by Gasteiger charge is 2.17. The molecule has 8 nitrogen and oxygen atoms in total. The number of thiazole rings is 1. The van der Waals surface area contributed by atoms with E-state index in [0.717, 1.165) is 16.9 Å². The number of amides is 2. The van der Waals surface area contributed by atoms with Crippen molar-refractivity contribution in [3.8, 4) is 0 Å². The molecule has 0 aliphatic carbocycles. The zero-order valence-corrected chi connectivity index (χ0v) is 16.9. The van der Waals surface area contributed by atoms with Gasteiger partial charge in [-0.15, -0.1) is 11.3 Å². The fourth-order valence-corrected chi connectivity index (χ4v) is 3.20. The molecule has 0 unspecified atom stereocenters. The summed E-state index contributed by atoms with van der Waals surface area (Å²) in [6.45, 7) is 5.84. The summed E-state index contributed by atoms with van der Waals surface area (Å²) in [5, 5.41) is 7.57. The summed E-state index contributed by atoms with van der Waals surface area (Å²) in [7, 11) is 0. The predicted molar refractivity (Wildman–Crippen MR) is 108 cm³/mol. The van der Waals surface area contributed by atoms with E-state index in [1.54, 1.807) is 26.2 Å². The van der Waals surface area contributed by atoms with Crippen molar-refractivity contribution in [2.24, 2.45) is 0 Å². The van der Waals surface area contributed by atoms with Gasteiger partial charge in [-0.2, -0.15) is 0 Å². The number of hydrogen-bond acceptors (Lipinski definition) is 6. The van der Waals surface area contributed by atoms with Crippen molar-refractivity contribution in [3.05, 3.63) is 41.2 Å². The molecule has 0 radical (unpaired) electrons. The first-order valence-electron chi connectivity index (χ1n) is 8.93. The third kappa shape index (κ3) is 5.78. The van der Waals surface area contributed by atoms with Gasteiger partial charge in [-0.1, -0.05) is 12.1 Å². The number of rotatable bonds is 6. The molecule has 0 aliphatic heterocycles. The molecular formula is C19H23N5O3S. The van der Waals surface area contributed by atoms with E-state index in [1.807, 2.05) is 24.3 Å². The Bertz CT molecular complexity index is 940. The molecule has 0 fully saturated rings. The van der Waals surface area contributed by atoms with E-state index >= 15 is 0 Å². The molecule has 148 valence electrons. The first-order valence-corrected chi connectivity index (χ1v) is 9.81. The van der Waals surface area contributed by atoms with Crippen molar-refractivity contribution in [1.82, 2.24) is 20.3 Å². The highest BCUT2D eigenvalue weighted by Crippen LogP contribution is 2.17. The number of benzene rings is 1. The monoisotopic (exact) mass is 401 g/mol. The number of nitrogens with one attached hydrogen (secondary N) is 3. The second kappa shape index (κ2) is 8.39. The molecule has 28 heavy (non-hydrogen) atoms. The first-order chi connectivity index (χ1) is 13.3. The van der Waals surface area contributed by atoms with Gasteiger partial charge in [-0.3, -0.25) is 10.1 Å². The molecule has 0 saturated carbocycles. The van der Waals surface area contributed by atoms with E-state index in [0.29, 0.717) is 23.8 Å². The van der Waals surface area contributed by atoms with Gasteiger partial charge in [0.1, 0.15) is 11.4 Å². The van der Waals surface area contributed by atoms with Crippen molar-refractivity contribution >= 4 is 39.5 Å². The average Bonchev–Trinajstić information content (AvgIpc) is 3.19. The second-order valence-electron chi connectivity index (χ2n) is 7.25. The van der Waals surface area contributed by atoms with Gasteiger partial charge in [-0.25, -0.2) is 14.8 Å². The summed E-state index contributed by atoms with van der Waals surface area (Å²) in [5.41, 5.74) is 1.91. The van der Waals surface area contributed by atoms with Crippen LogP contribution < -0.4 is 10.6 Å². The number of nitrogens with zero attached hydrogens (tertiary/aromatic N) is 2. The van der Waals surface area contributed by atoms with Crippen molar-refractivity contribution in [2.75, 3.05) is 11.9 Å². The lowest BCUT2D eigenvalue weighted by Crippen LogP contribution is -2.28. The summed E-state index contributed by atoms with van der Waals surface area (Å²) >= 11 is 1.25. The summed E-state index contributed by atoms with van der Waals surface area (Å²) in [6.07, 6.45) is 0.193. The van der Waals surface area contributed by atoms with Crippen LogP contribution >= 0.6 is 11.3 Å². The molecule has 3 aromatic rings. The van der Waals surface area contributed by atoms with Crippen molar-refractivity contribution in [1.29, 1.82) is 0 Å². The molecule has 0 bridgehead atoms. The summed E-state index contributed by atoms with van der Waals surface area (Å²) in [6, 6.07) is 7.80. The standard InChI is InChI=1S/C19H23N5O3S/c1-19(2,3)27-18(26)24-17-21-12(11-28-17)10-16(25)20-9-8-15-22-13-6-4-5-7-14(13)23-15/h4-7,11H,8-10H2,1-3H3,(H,20,25)(H,22,23)(H,21,24,26). The van der Waals surface area contributed by atoms with E-state index in [1.165, 1.54) is 11.3 Å². The highest BCUT2D eigenvalue weighted by molar-refractivity contribution is 7.13. The number of carbonyl (C=O) groups is 2. The van der Waals surface area contributed by atoms with Crippen LogP contribution in [0.3, 0.4) is 0 Å². The number of carbonyl (C=O) groups excluding carboxylic acids is 2. The number of fused-ring (bicyclic) bond motifs is 1. The number of imidazole rings is 1. The smallest absolute Gasteiger partial charge is 0.413 e. The van der Waals surface area contributed by atoms with Crippen LogP contribution in [0.2, 0.25) is 0 Å². The molecule has 2 heterocycles. The topological polar surface area (TPSA) is 109 Å². The molecule has 2 amide bonds. The van der Waals surface area contributed by atoms with Crippen molar-refractivity contribution in [2.45, 2.75) is 39.2 Å². The van der Waals surface area contributed by atoms with E-state index in [2.05, 4.69) is 25.6 Å². The predicted octanol–water partition coefficient (Wildman–Crippen LogP) is 3.27. The van der Waals surface area contributed by atoms with Crippen LogP contribution in [0, 0.1) is 0 Å². The maximum atomic E-state index is 12.1. The molecular weight excluding hydrogens is 378 g/mol. The van der Waals surface area contributed by atoms with Gasteiger partial charge >= 0.3 is 6.09 Å². The minimum atomic E-state index is -0.579. The molecule has 9 heteroatoms. The summed E-state index contributed by atoms with van der Waals surface area (Å²) in [5.74, 6) is 0.698. The van der Waals surface area contributed by atoms with Crippen molar-refractivity contribution in [3.63, 3.8) is 0 Å². The fraction of sp³-hybridized carbons (Fsp3) is 0.368. The molecule has 3 N–H and O–H groups in total. The maximum absolute atomic E-state index is 12.1. The van der Waals surface area contributed by atoms with Crippen LogP contribution in [0.1, 0.15) is 32.3 Å². The number of H-pyrrole nitrogens is 1. The molecule has 1 aromatic carbocycles. The quantitative estimate of drug-likeness (QED) is 0.587. The van der Waals surface area contributed by atoms with Gasteiger partial charge < -0.3 is 15.0 Å². The van der Waals surface area contributed by atoms with Gasteiger partial charge in [-0.05, 0) is 32.9 Å². The van der Waals surface area contributed by atoms with Crippen LogP contribution in [0.4, 0.5) is 9.93 Å². The third-order valence-electron chi connectivity index (χ3n) is 3.62. The summed E-state index contributed by atoms with van der Waals surface area (Å²) < 4.78 is 5.18. The Morgan fingerprint density at radius 2 is 2.00 bits per heavy atom. The Morgan fingerprint density at radius 3 is 2.75 bits per heavy atom. The fourth-order valence-electron chi connectivity index (χ4n) is 2.51. The van der Waals surface area contributed by atoms with Gasteiger partial charge in [0.05, 0.1) is 23.1 Å². The number of ether oxygens (including phenoxy) is 1. The second-order valence-corrected chi connectivity index (χ2v) is 8.11. The van der Waals surface area contributed by atoms with E-state index in [-0.39, 0.29) is 12.3 Å². The zero-order valence-electron chi connectivity index (χ0n) is 16.0. The van der Waals surface area contributed by atoms with Crippen LogP contribution in [0.5, 0.6) is 0 Å². The first kappa shape index (κ1) is 19.8. The Hall–Kier alpha value is -2.94. The van der Waals surface area contributed by atoms with E-state index in [4.69, 9.17) is 4.74 Å². The van der Waals surface area contributed by atoms with Gasteiger partial charge in [0.15, 0.2) is 5.13 Å².